The highest BCUT2D eigenvalue weighted by Gasteiger charge is 2.49. The van der Waals surface area contributed by atoms with E-state index in [1.165, 1.54) is 44.5 Å². The number of hydrogen-bond acceptors (Lipinski definition) is 6. The van der Waals surface area contributed by atoms with Crippen molar-refractivity contribution in [3.8, 4) is 11.1 Å². The molecule has 2 aromatic heterocycles. The van der Waals surface area contributed by atoms with Gasteiger partial charge in [-0.3, -0.25) is 14.2 Å². The number of carbonyl (C=O) groups excluding carboxylic acids is 1. The molecule has 1 N–H and O–H groups in total. The molecule has 1 spiro atoms. The highest BCUT2D eigenvalue weighted by molar-refractivity contribution is 5.78. The number of nitrogens with zero attached hydrogens (tertiary/aromatic N) is 7. The summed E-state index contributed by atoms with van der Waals surface area (Å²) < 4.78 is 33.1. The predicted octanol–water partition coefficient (Wildman–Crippen LogP) is 5.38. The third-order valence-corrected chi connectivity index (χ3v) is 11.8. The number of alkyl halides is 2. The molecule has 3 fully saturated rings. The van der Waals surface area contributed by atoms with Crippen molar-refractivity contribution < 1.29 is 13.6 Å². The number of aryl methyl sites for hydroxylation is 2. The number of anilines is 2. The van der Waals surface area contributed by atoms with Gasteiger partial charge in [0.05, 0.1) is 18.8 Å². The lowest BCUT2D eigenvalue weighted by atomic mass is 9.60. The van der Waals surface area contributed by atoms with Gasteiger partial charge >= 0.3 is 0 Å². The topological polar surface area (TPSA) is 74.5 Å². The quantitative estimate of drug-likeness (QED) is 0.408. The molecule has 8 rings (SSSR count). The number of benzene rings is 1. The molecule has 2 saturated heterocycles. The average Bonchev–Trinajstić information content (AvgIpc) is 3.66. The number of likely N-dealkylation sites (tertiary alicyclic amines) is 1. The van der Waals surface area contributed by atoms with Crippen molar-refractivity contribution in [2.24, 2.45) is 12.5 Å². The number of nitrogens with one attached hydrogen (secondary N) is 1. The van der Waals surface area contributed by atoms with Crippen molar-refractivity contribution >= 4 is 17.4 Å². The molecule has 0 radical (unpaired) electrons. The second-order valence-corrected chi connectivity index (χ2v) is 14.5. The van der Waals surface area contributed by atoms with E-state index in [1.54, 1.807) is 37.1 Å². The molecule has 5 aliphatic rings. The van der Waals surface area contributed by atoms with E-state index < -0.39 is 6.43 Å². The lowest BCUT2D eigenvalue weighted by molar-refractivity contribution is -0.129. The van der Waals surface area contributed by atoms with Gasteiger partial charge < -0.3 is 20.0 Å². The fourth-order valence-corrected chi connectivity index (χ4v) is 9.13. The van der Waals surface area contributed by atoms with Crippen molar-refractivity contribution in [1.29, 1.82) is 0 Å². The summed E-state index contributed by atoms with van der Waals surface area (Å²) in [6.07, 6.45) is 10.7. The first-order chi connectivity index (χ1) is 22.3. The Kier molecular flexibility index (Phi) is 7.67. The Balaban J connectivity index is 1.10. The van der Waals surface area contributed by atoms with Crippen LogP contribution < -0.4 is 10.2 Å². The van der Waals surface area contributed by atoms with Gasteiger partial charge in [-0.2, -0.15) is 10.2 Å². The van der Waals surface area contributed by atoms with Gasteiger partial charge in [0, 0.05) is 73.8 Å². The zero-order valence-electron chi connectivity index (χ0n) is 27.1. The van der Waals surface area contributed by atoms with Crippen LogP contribution in [0.2, 0.25) is 0 Å². The summed E-state index contributed by atoms with van der Waals surface area (Å²) in [5.41, 5.74) is 5.87. The summed E-state index contributed by atoms with van der Waals surface area (Å²) in [6, 6.07) is 4.72. The van der Waals surface area contributed by atoms with Crippen molar-refractivity contribution in [3.05, 3.63) is 46.9 Å². The van der Waals surface area contributed by atoms with Crippen molar-refractivity contribution in [1.82, 2.24) is 34.7 Å². The van der Waals surface area contributed by atoms with Crippen LogP contribution in [0.25, 0.3) is 11.1 Å². The fourth-order valence-electron chi connectivity index (χ4n) is 9.13. The molecule has 0 bridgehead atoms. The SMILES string of the molecule is CC(=O)N1CCc2c(c(N3CCCc4cc(-c5cnn(C)c5)c(C(F)F)cc43)nn2C2CC3(CCN(C4CCNCC4)CC3)C2)C1. The van der Waals surface area contributed by atoms with Crippen LogP contribution >= 0.6 is 0 Å². The Morgan fingerprint density at radius 1 is 1.04 bits per heavy atom. The van der Waals surface area contributed by atoms with E-state index in [0.717, 1.165) is 73.9 Å². The number of amides is 1. The molecule has 6 heterocycles. The smallest absolute Gasteiger partial charge is 0.264 e. The summed E-state index contributed by atoms with van der Waals surface area (Å²) in [5, 5.41) is 13.1. The predicted molar refractivity (Wildman–Crippen MR) is 173 cm³/mol. The molecule has 46 heavy (non-hydrogen) atoms. The summed E-state index contributed by atoms with van der Waals surface area (Å²) in [4.78, 5) is 19.3. The first kappa shape index (κ1) is 30.1. The van der Waals surface area contributed by atoms with Gasteiger partial charge in [-0.15, -0.1) is 0 Å². The molecule has 1 aromatic carbocycles. The van der Waals surface area contributed by atoms with Gasteiger partial charge in [0.25, 0.3) is 6.43 Å². The third kappa shape index (κ3) is 5.23. The minimum Gasteiger partial charge on any atom is -0.338 e. The van der Waals surface area contributed by atoms with Crippen LogP contribution in [0.3, 0.4) is 0 Å². The van der Waals surface area contributed by atoms with Crippen molar-refractivity contribution in [3.63, 3.8) is 0 Å². The minimum absolute atomic E-state index is 0.0223. The second kappa shape index (κ2) is 11.7. The van der Waals surface area contributed by atoms with Gasteiger partial charge in [-0.1, -0.05) is 0 Å². The van der Waals surface area contributed by atoms with Crippen LogP contribution in [0.1, 0.15) is 86.7 Å². The van der Waals surface area contributed by atoms with E-state index in [2.05, 4.69) is 24.9 Å². The minimum atomic E-state index is -2.61. The fraction of sp³-hybridized carbons (Fsp3) is 0.629. The third-order valence-electron chi connectivity index (χ3n) is 11.8. The van der Waals surface area contributed by atoms with Gasteiger partial charge in [-0.05, 0) is 106 Å². The van der Waals surface area contributed by atoms with Gasteiger partial charge in [0.2, 0.25) is 5.91 Å². The number of carbonyl (C=O) groups is 1. The largest absolute Gasteiger partial charge is 0.338 e. The Morgan fingerprint density at radius 2 is 1.83 bits per heavy atom. The maximum atomic E-state index is 14.6. The lowest BCUT2D eigenvalue weighted by Crippen LogP contribution is -2.52. The first-order valence-electron chi connectivity index (χ1n) is 17.3. The molecule has 0 atom stereocenters. The molecule has 1 aliphatic carbocycles. The number of halogens is 2. The van der Waals surface area contributed by atoms with E-state index in [4.69, 9.17) is 5.10 Å². The summed E-state index contributed by atoms with van der Waals surface area (Å²) in [6.45, 7) is 8.23. The van der Waals surface area contributed by atoms with Crippen LogP contribution in [-0.2, 0) is 31.2 Å². The zero-order valence-corrected chi connectivity index (χ0v) is 27.1. The summed E-state index contributed by atoms with van der Waals surface area (Å²) >= 11 is 0. The molecular formula is C35H46F2N8O. The van der Waals surface area contributed by atoms with Crippen molar-refractivity contribution in [2.75, 3.05) is 44.2 Å². The summed E-state index contributed by atoms with van der Waals surface area (Å²) in [5.74, 6) is 0.908. The highest BCUT2D eigenvalue weighted by Crippen LogP contribution is 2.56. The molecule has 3 aromatic rings. The molecule has 11 heteroatoms. The maximum absolute atomic E-state index is 14.6. The molecule has 9 nitrogen and oxygen atoms in total. The molecular weight excluding hydrogens is 586 g/mol. The Bertz CT molecular complexity index is 1610. The van der Waals surface area contributed by atoms with Crippen molar-refractivity contribution in [2.45, 2.75) is 89.8 Å². The second-order valence-electron chi connectivity index (χ2n) is 14.5. The van der Waals surface area contributed by atoms with Crippen LogP contribution in [0.4, 0.5) is 20.3 Å². The van der Waals surface area contributed by atoms with E-state index >= 15 is 0 Å². The zero-order chi connectivity index (χ0) is 31.6. The molecule has 4 aliphatic heterocycles. The lowest BCUT2D eigenvalue weighted by Gasteiger charge is -2.53. The van der Waals surface area contributed by atoms with Gasteiger partial charge in [-0.25, -0.2) is 8.78 Å². The van der Waals surface area contributed by atoms with E-state index in [0.29, 0.717) is 42.2 Å². The van der Waals surface area contributed by atoms with Crippen LogP contribution in [0.5, 0.6) is 0 Å². The molecule has 1 amide bonds. The number of fused-ring (bicyclic) bond motifs is 2. The number of aromatic nitrogens is 4. The number of hydrogen-bond donors (Lipinski definition) is 1. The Labute approximate surface area is 269 Å². The number of rotatable bonds is 5. The van der Waals surface area contributed by atoms with Crippen LogP contribution in [0, 0.1) is 5.41 Å². The van der Waals surface area contributed by atoms with Gasteiger partial charge in [0.15, 0.2) is 5.82 Å². The Morgan fingerprint density at radius 3 is 2.52 bits per heavy atom. The maximum Gasteiger partial charge on any atom is 0.264 e. The normalized spacial score (nSPS) is 22.3. The number of piperidine rings is 2. The van der Waals surface area contributed by atoms with E-state index in [9.17, 15) is 13.6 Å². The average molecular weight is 633 g/mol. The standard InChI is InChI=1S/C35H46F2N8O/c1-23(46)43-13-7-31-30(22-43)34(40-45(31)27-18-35(19-27)8-14-42(15-9-35)26-5-10-38-11-6-26)44-12-3-4-24-16-28(25-20-39-41(2)21-25)29(33(36)37)17-32(24)44/h16-17,20-21,26-27,33,38H,3-15,18-19,22H2,1-2H3. The Hall–Kier alpha value is -3.31. The van der Waals surface area contributed by atoms with E-state index in [1.807, 2.05) is 11.0 Å². The first-order valence-corrected chi connectivity index (χ1v) is 17.3. The highest BCUT2D eigenvalue weighted by atomic mass is 19.3. The van der Waals surface area contributed by atoms with Crippen LogP contribution in [-0.4, -0.2) is 80.6 Å². The molecule has 1 saturated carbocycles. The summed E-state index contributed by atoms with van der Waals surface area (Å²) in [7, 11) is 1.80. The van der Waals surface area contributed by atoms with E-state index in [-0.39, 0.29) is 11.5 Å². The molecule has 0 unspecified atom stereocenters. The molecule has 246 valence electrons. The monoisotopic (exact) mass is 632 g/mol. The van der Waals surface area contributed by atoms with Gasteiger partial charge in [0.1, 0.15) is 0 Å². The van der Waals surface area contributed by atoms with Crippen LogP contribution in [0.15, 0.2) is 24.5 Å².